The summed E-state index contributed by atoms with van der Waals surface area (Å²) in [4.78, 5) is 19.5. The van der Waals surface area contributed by atoms with Crippen LogP contribution in [-0.4, -0.2) is 40.4 Å². The van der Waals surface area contributed by atoms with Crippen LogP contribution in [0.4, 0.5) is 0 Å². The van der Waals surface area contributed by atoms with Crippen molar-refractivity contribution in [3.05, 3.63) is 88.0 Å². The Morgan fingerprint density at radius 2 is 1.33 bits per heavy atom. The Balaban J connectivity index is 1.59. The minimum atomic E-state index is 0.872. The fourth-order valence-corrected chi connectivity index (χ4v) is 3.72. The van der Waals surface area contributed by atoms with E-state index in [4.69, 9.17) is 9.98 Å². The highest BCUT2D eigenvalue weighted by atomic mass is 15.5. The third-order valence-corrected chi connectivity index (χ3v) is 5.11. The summed E-state index contributed by atoms with van der Waals surface area (Å²) in [6, 6.07) is 2.09. The number of hydrogen-bond acceptors (Lipinski definition) is 6. The number of nitrogens with zero attached hydrogens (tertiary/aromatic N) is 5. The van der Waals surface area contributed by atoms with Crippen molar-refractivity contribution >= 4 is 41.4 Å². The van der Waals surface area contributed by atoms with Crippen LogP contribution in [0.5, 0.6) is 0 Å². The number of H-pyrrole nitrogens is 1. The summed E-state index contributed by atoms with van der Waals surface area (Å²) in [6.45, 7) is 0. The molecule has 0 spiro atoms. The van der Waals surface area contributed by atoms with E-state index >= 15 is 0 Å². The van der Waals surface area contributed by atoms with Crippen LogP contribution >= 0.6 is 0 Å². The van der Waals surface area contributed by atoms with Crippen LogP contribution in [-0.2, 0) is 0 Å². The van der Waals surface area contributed by atoms with E-state index in [2.05, 4.69) is 26.6 Å². The third-order valence-electron chi connectivity index (χ3n) is 5.11. The van der Waals surface area contributed by atoms with E-state index in [1.165, 1.54) is 0 Å². The van der Waals surface area contributed by atoms with Gasteiger partial charge in [-0.05, 0) is 66.8 Å². The second-order valence-corrected chi connectivity index (χ2v) is 7.33. The summed E-state index contributed by atoms with van der Waals surface area (Å²) in [5.41, 5.74) is 9.30. The molecule has 1 aromatic rings. The van der Waals surface area contributed by atoms with Crippen molar-refractivity contribution in [3.63, 3.8) is 0 Å². The zero-order chi connectivity index (χ0) is 20.1. The van der Waals surface area contributed by atoms with Gasteiger partial charge in [0, 0.05) is 18.0 Å². The molecule has 0 atom stereocenters. The molecule has 0 amide bonds. The first-order chi connectivity index (χ1) is 14.7. The second kappa shape index (κ2) is 6.38. The Hall–Kier alpha value is -4.26. The minimum Gasteiger partial charge on any atom is -0.355 e. The molecule has 0 unspecified atom stereocenters. The highest BCUT2D eigenvalue weighted by Crippen LogP contribution is 2.18. The molecule has 8 bridgehead atoms. The van der Waals surface area contributed by atoms with Gasteiger partial charge in [0.15, 0.2) is 0 Å². The molecule has 2 N–H and O–H groups in total. The number of aromatic nitrogens is 1. The van der Waals surface area contributed by atoms with Gasteiger partial charge in [0.05, 0.1) is 39.6 Å². The average Bonchev–Trinajstić information content (AvgIpc) is 3.51. The largest absolute Gasteiger partial charge is 0.355 e. The van der Waals surface area contributed by atoms with Crippen molar-refractivity contribution in [1.82, 2.24) is 15.3 Å². The normalized spacial score (nSPS) is 22.4. The van der Waals surface area contributed by atoms with Gasteiger partial charge in [0.1, 0.15) is 12.2 Å². The van der Waals surface area contributed by atoms with Crippen LogP contribution in [0.1, 0.15) is 5.69 Å². The van der Waals surface area contributed by atoms with Gasteiger partial charge in [-0.25, -0.2) is 15.0 Å². The third kappa shape index (κ3) is 2.93. The van der Waals surface area contributed by atoms with Crippen molar-refractivity contribution in [2.75, 3.05) is 7.05 Å². The molecule has 0 fully saturated rings. The lowest BCUT2D eigenvalue weighted by atomic mass is 10.2. The van der Waals surface area contributed by atoms with Gasteiger partial charge < -0.3 is 9.88 Å². The molecule has 6 heterocycles. The van der Waals surface area contributed by atoms with E-state index in [0.717, 1.165) is 56.3 Å². The predicted octanol–water partition coefficient (Wildman–Crippen LogP) is 1.49. The van der Waals surface area contributed by atoms with Gasteiger partial charge in [-0.1, -0.05) is 0 Å². The number of hydrogen-bond donors (Lipinski definition) is 2. The maximum absolute atomic E-state index is 4.73. The van der Waals surface area contributed by atoms with Crippen molar-refractivity contribution < 1.29 is 0 Å². The van der Waals surface area contributed by atoms with Gasteiger partial charge in [0.2, 0.25) is 0 Å². The maximum Gasteiger partial charge on any atom is 0.137 e. The standard InChI is InChI=1S/C23H17N7/c1-30-13-24-29-23(30)21-11-20-10-18-5-4-16(26-18)8-14-2-3-15(25-14)9-17-6-7-19(27-17)12-22(21)28-20/h2-13,28-29H,1H3. The van der Waals surface area contributed by atoms with Crippen LogP contribution in [0.15, 0.2) is 91.8 Å². The van der Waals surface area contributed by atoms with Gasteiger partial charge in [-0.3, -0.25) is 5.43 Å². The molecule has 30 heavy (non-hydrogen) atoms. The summed E-state index contributed by atoms with van der Waals surface area (Å²) >= 11 is 0. The predicted molar refractivity (Wildman–Crippen MR) is 121 cm³/mol. The Morgan fingerprint density at radius 1 is 0.733 bits per heavy atom. The summed E-state index contributed by atoms with van der Waals surface area (Å²) in [7, 11) is 1.96. The van der Waals surface area contributed by atoms with E-state index in [1.54, 1.807) is 6.34 Å². The van der Waals surface area contributed by atoms with Crippen LogP contribution in [0.2, 0.25) is 0 Å². The Bertz CT molecular complexity index is 1410. The maximum atomic E-state index is 4.73. The Morgan fingerprint density at radius 3 is 1.93 bits per heavy atom. The first-order valence-corrected chi connectivity index (χ1v) is 9.62. The molecule has 0 aliphatic carbocycles. The van der Waals surface area contributed by atoms with E-state index < -0.39 is 0 Å². The fourth-order valence-electron chi connectivity index (χ4n) is 3.72. The molecule has 5 aliphatic heterocycles. The molecule has 7 heteroatoms. The molecule has 144 valence electrons. The van der Waals surface area contributed by atoms with Crippen LogP contribution < -0.4 is 16.0 Å². The van der Waals surface area contributed by atoms with Crippen molar-refractivity contribution in [2.24, 2.45) is 20.1 Å². The quantitative estimate of drug-likeness (QED) is 0.703. The molecule has 0 radical (unpaired) electrons. The number of nitrogens with one attached hydrogen (secondary N) is 2. The Kier molecular flexibility index (Phi) is 3.55. The monoisotopic (exact) mass is 391 g/mol. The highest BCUT2D eigenvalue weighted by molar-refractivity contribution is 6.20. The molecular formula is C23H17N7. The number of rotatable bonds is 0. The number of fused-ring (bicyclic) bond motifs is 5. The molecule has 0 aromatic carbocycles. The molecular weight excluding hydrogens is 374 g/mol. The van der Waals surface area contributed by atoms with Crippen molar-refractivity contribution in [3.8, 4) is 0 Å². The molecule has 6 rings (SSSR count). The lowest BCUT2D eigenvalue weighted by Gasteiger charge is -2.07. The van der Waals surface area contributed by atoms with Gasteiger partial charge >= 0.3 is 0 Å². The summed E-state index contributed by atoms with van der Waals surface area (Å²) < 4.78 is 0. The van der Waals surface area contributed by atoms with Crippen LogP contribution in [0.25, 0.3) is 18.0 Å². The van der Waals surface area contributed by atoms with E-state index in [0.29, 0.717) is 0 Å². The van der Waals surface area contributed by atoms with E-state index in [9.17, 15) is 0 Å². The van der Waals surface area contributed by atoms with Crippen LogP contribution in [0, 0.1) is 0 Å². The highest BCUT2D eigenvalue weighted by Gasteiger charge is 2.13. The zero-order valence-electron chi connectivity index (χ0n) is 16.2. The van der Waals surface area contributed by atoms with Gasteiger partial charge in [-0.15, -0.1) is 0 Å². The van der Waals surface area contributed by atoms with Crippen molar-refractivity contribution in [1.29, 1.82) is 0 Å². The Labute approximate surface area is 172 Å². The average molecular weight is 391 g/mol. The number of allylic oxidation sites excluding steroid dienone is 8. The molecule has 1 aromatic heterocycles. The van der Waals surface area contributed by atoms with Gasteiger partial charge in [-0.2, -0.15) is 5.10 Å². The van der Waals surface area contributed by atoms with Crippen LogP contribution in [0.3, 0.4) is 0 Å². The molecule has 7 nitrogen and oxygen atoms in total. The number of hydrazone groups is 1. The summed E-state index contributed by atoms with van der Waals surface area (Å²) in [5.74, 6) is 0.908. The van der Waals surface area contributed by atoms with Gasteiger partial charge in [0.25, 0.3) is 0 Å². The van der Waals surface area contributed by atoms with Crippen molar-refractivity contribution in [2.45, 2.75) is 0 Å². The number of aromatic amines is 1. The first-order valence-electron chi connectivity index (χ1n) is 9.62. The molecule has 0 saturated heterocycles. The smallest absolute Gasteiger partial charge is 0.137 e. The van der Waals surface area contributed by atoms with E-state index in [1.807, 2.05) is 72.7 Å². The number of aliphatic imine (C=N–C) groups is 3. The minimum absolute atomic E-state index is 0.872. The fraction of sp³-hybridized carbons (Fsp3) is 0.0435. The van der Waals surface area contributed by atoms with E-state index in [-0.39, 0.29) is 0 Å². The molecule has 5 aliphatic rings. The summed E-state index contributed by atoms with van der Waals surface area (Å²) in [5, 5.41) is 6.11. The zero-order valence-corrected chi connectivity index (χ0v) is 16.2. The molecule has 0 saturated carbocycles. The SMILES string of the molecule is CN1C=NNC1=c1cc2[nH]c1=CC1=NC(=CC3=NC(=CC4=NC(=C2)C=C4)C=C3)C=C1. The lowest BCUT2D eigenvalue weighted by molar-refractivity contribution is 0.720. The lowest BCUT2D eigenvalue weighted by Crippen LogP contribution is -2.33. The topological polar surface area (TPSA) is 80.5 Å². The summed E-state index contributed by atoms with van der Waals surface area (Å²) in [6.07, 6.45) is 21.8. The second-order valence-electron chi connectivity index (χ2n) is 7.33. The first kappa shape index (κ1) is 16.7.